The lowest BCUT2D eigenvalue weighted by Crippen LogP contribution is -2.52. The summed E-state index contributed by atoms with van der Waals surface area (Å²) in [6, 6.07) is 7.67. The molecule has 1 heterocycles. The van der Waals surface area contributed by atoms with E-state index in [1.165, 1.54) is 31.5 Å². The lowest BCUT2D eigenvalue weighted by molar-refractivity contribution is -0.0169. The van der Waals surface area contributed by atoms with Crippen molar-refractivity contribution in [3.8, 4) is 5.75 Å². The molecule has 1 aliphatic carbocycles. The smallest absolute Gasteiger partial charge is 0.115 e. The monoisotopic (exact) mass is 273 g/mol. The van der Waals surface area contributed by atoms with Crippen molar-refractivity contribution in [2.45, 2.75) is 40.0 Å². The molecule has 2 heteroatoms. The first kappa shape index (κ1) is 13.9. The molecule has 2 atom stereocenters. The van der Waals surface area contributed by atoms with Crippen molar-refractivity contribution < 1.29 is 5.11 Å². The number of hydrogen-bond donors (Lipinski definition) is 1. The zero-order valence-electron chi connectivity index (χ0n) is 13.0. The number of phenols is 1. The van der Waals surface area contributed by atoms with Gasteiger partial charge in [-0.2, -0.15) is 0 Å². The van der Waals surface area contributed by atoms with Gasteiger partial charge in [0.25, 0.3) is 0 Å². The normalized spacial score (nSPS) is 32.5. The number of phenolic OH excluding ortho intramolecular Hbond substituents is 1. The lowest BCUT2D eigenvalue weighted by atomic mass is 9.63. The maximum absolute atomic E-state index is 9.33. The summed E-state index contributed by atoms with van der Waals surface area (Å²) in [7, 11) is 0. The Kier molecular flexibility index (Phi) is 3.32. The highest BCUT2D eigenvalue weighted by atomic mass is 16.3. The van der Waals surface area contributed by atoms with Gasteiger partial charge in [0.05, 0.1) is 0 Å². The van der Waals surface area contributed by atoms with Crippen LogP contribution < -0.4 is 0 Å². The topological polar surface area (TPSA) is 23.5 Å². The summed E-state index contributed by atoms with van der Waals surface area (Å²) >= 11 is 0. The second-order valence-electron chi connectivity index (χ2n) is 7.67. The van der Waals surface area contributed by atoms with Gasteiger partial charge in [-0.3, -0.25) is 0 Å². The van der Waals surface area contributed by atoms with Crippen LogP contribution in [0.3, 0.4) is 0 Å². The molecule has 110 valence electrons. The molecule has 1 aliphatic heterocycles. The summed E-state index contributed by atoms with van der Waals surface area (Å²) in [4.78, 5) is 2.66. The number of aromatic hydroxyl groups is 1. The van der Waals surface area contributed by atoms with Gasteiger partial charge in [0.2, 0.25) is 0 Å². The Balaban J connectivity index is 1.62. The zero-order chi connectivity index (χ0) is 14.4. The first-order chi connectivity index (χ1) is 9.41. The minimum absolute atomic E-state index is 0.360. The number of likely N-dealkylation sites (tertiary alicyclic amines) is 1. The average Bonchev–Trinajstić information content (AvgIpc) is 2.55. The number of nitrogens with zero attached hydrogens (tertiary/aromatic N) is 1. The Morgan fingerprint density at radius 1 is 1.20 bits per heavy atom. The van der Waals surface area contributed by atoms with Crippen LogP contribution in [0.25, 0.3) is 0 Å². The second-order valence-corrected chi connectivity index (χ2v) is 7.67. The van der Waals surface area contributed by atoms with Crippen molar-refractivity contribution in [1.82, 2.24) is 4.90 Å². The van der Waals surface area contributed by atoms with Crippen molar-refractivity contribution in [3.05, 3.63) is 29.8 Å². The van der Waals surface area contributed by atoms with Gasteiger partial charge in [-0.15, -0.1) is 0 Å². The molecular weight excluding hydrogens is 246 g/mol. The Hall–Kier alpha value is -1.02. The van der Waals surface area contributed by atoms with Crippen molar-refractivity contribution >= 4 is 0 Å². The van der Waals surface area contributed by atoms with Crippen LogP contribution in [0.5, 0.6) is 5.75 Å². The van der Waals surface area contributed by atoms with Crippen LogP contribution in [-0.2, 0) is 6.42 Å². The van der Waals surface area contributed by atoms with Gasteiger partial charge >= 0.3 is 0 Å². The summed E-state index contributed by atoms with van der Waals surface area (Å²) in [6.07, 6.45) is 3.88. The van der Waals surface area contributed by atoms with E-state index in [0.29, 0.717) is 16.6 Å². The van der Waals surface area contributed by atoms with E-state index in [0.717, 1.165) is 18.9 Å². The standard InChI is InChI=1S/C18H27NO/c1-17(2)15-8-10-18(17,3)13-19(12-15)11-9-14-4-6-16(20)7-5-14/h4-7,15,20H,8-13H2,1-3H3/t15?,18-/m0/s1. The van der Waals surface area contributed by atoms with Crippen LogP contribution in [0, 0.1) is 16.7 Å². The maximum atomic E-state index is 9.33. The van der Waals surface area contributed by atoms with E-state index in [1.54, 1.807) is 12.1 Å². The highest BCUT2D eigenvalue weighted by molar-refractivity contribution is 5.26. The third-order valence-corrected chi connectivity index (χ3v) is 6.32. The Labute approximate surface area is 122 Å². The molecule has 1 unspecified atom stereocenters. The SMILES string of the molecule is CC1(C)C2CC[C@@]1(C)CN(CCc1ccc(O)cc1)C2. The quantitative estimate of drug-likeness (QED) is 0.908. The summed E-state index contributed by atoms with van der Waals surface area (Å²) < 4.78 is 0. The van der Waals surface area contributed by atoms with E-state index in [1.807, 2.05) is 12.1 Å². The van der Waals surface area contributed by atoms with Gasteiger partial charge < -0.3 is 10.0 Å². The first-order valence-electron chi connectivity index (χ1n) is 7.91. The number of benzene rings is 1. The molecule has 0 amide bonds. The van der Waals surface area contributed by atoms with E-state index in [2.05, 4.69) is 25.7 Å². The molecule has 1 saturated carbocycles. The number of rotatable bonds is 3. The molecule has 2 fully saturated rings. The molecule has 2 nitrogen and oxygen atoms in total. The van der Waals surface area contributed by atoms with E-state index in [-0.39, 0.29) is 0 Å². The largest absolute Gasteiger partial charge is 0.508 e. The molecular formula is C18H27NO. The Bertz CT molecular complexity index is 479. The predicted octanol–water partition coefficient (Wildman–Crippen LogP) is 3.69. The van der Waals surface area contributed by atoms with Crippen LogP contribution in [-0.4, -0.2) is 29.6 Å². The minimum Gasteiger partial charge on any atom is -0.508 e. The molecule has 2 bridgehead atoms. The molecule has 20 heavy (non-hydrogen) atoms. The highest BCUT2D eigenvalue weighted by Gasteiger charge is 2.55. The fraction of sp³-hybridized carbons (Fsp3) is 0.667. The van der Waals surface area contributed by atoms with Crippen LogP contribution in [0.4, 0.5) is 0 Å². The van der Waals surface area contributed by atoms with Gasteiger partial charge in [-0.25, -0.2) is 0 Å². The Morgan fingerprint density at radius 2 is 1.90 bits per heavy atom. The molecule has 0 spiro atoms. The highest BCUT2D eigenvalue weighted by Crippen LogP contribution is 2.58. The van der Waals surface area contributed by atoms with Crippen molar-refractivity contribution in [1.29, 1.82) is 0 Å². The average molecular weight is 273 g/mol. The molecule has 1 saturated heterocycles. The third kappa shape index (κ3) is 2.24. The molecule has 0 aromatic heterocycles. The summed E-state index contributed by atoms with van der Waals surface area (Å²) in [5.74, 6) is 1.22. The van der Waals surface area contributed by atoms with E-state index in [4.69, 9.17) is 0 Å². The van der Waals surface area contributed by atoms with Crippen LogP contribution in [0.2, 0.25) is 0 Å². The van der Waals surface area contributed by atoms with E-state index >= 15 is 0 Å². The van der Waals surface area contributed by atoms with Gasteiger partial charge in [-0.1, -0.05) is 32.9 Å². The van der Waals surface area contributed by atoms with E-state index in [9.17, 15) is 5.11 Å². The molecule has 1 aromatic carbocycles. The number of hydrogen-bond acceptors (Lipinski definition) is 2. The second kappa shape index (κ2) is 4.77. The third-order valence-electron chi connectivity index (χ3n) is 6.32. The summed E-state index contributed by atoms with van der Waals surface area (Å²) in [5, 5.41) is 9.33. The molecule has 3 rings (SSSR count). The van der Waals surface area contributed by atoms with Crippen LogP contribution in [0.1, 0.15) is 39.2 Å². The van der Waals surface area contributed by atoms with Crippen molar-refractivity contribution in [2.24, 2.45) is 16.7 Å². The van der Waals surface area contributed by atoms with Crippen molar-refractivity contribution in [3.63, 3.8) is 0 Å². The summed E-state index contributed by atoms with van der Waals surface area (Å²) in [6.45, 7) is 11.1. The maximum Gasteiger partial charge on any atom is 0.115 e. The van der Waals surface area contributed by atoms with E-state index < -0.39 is 0 Å². The van der Waals surface area contributed by atoms with Gasteiger partial charge in [0, 0.05) is 19.6 Å². The van der Waals surface area contributed by atoms with Gasteiger partial charge in [-0.05, 0) is 53.7 Å². The predicted molar refractivity (Wildman–Crippen MR) is 82.9 cm³/mol. The van der Waals surface area contributed by atoms with Gasteiger partial charge in [0.1, 0.15) is 5.75 Å². The zero-order valence-corrected chi connectivity index (χ0v) is 13.0. The number of piperidine rings is 1. The fourth-order valence-electron chi connectivity index (χ4n) is 4.26. The first-order valence-corrected chi connectivity index (χ1v) is 7.91. The molecule has 0 radical (unpaired) electrons. The van der Waals surface area contributed by atoms with Gasteiger partial charge in [0.15, 0.2) is 0 Å². The fourth-order valence-corrected chi connectivity index (χ4v) is 4.26. The van der Waals surface area contributed by atoms with Crippen molar-refractivity contribution in [2.75, 3.05) is 19.6 Å². The molecule has 1 aromatic rings. The Morgan fingerprint density at radius 3 is 2.55 bits per heavy atom. The molecule has 1 N–H and O–H groups in total. The summed E-state index contributed by atoms with van der Waals surface area (Å²) in [5.41, 5.74) is 2.32. The minimum atomic E-state index is 0.360. The number of fused-ring (bicyclic) bond motifs is 2. The lowest BCUT2D eigenvalue weighted by Gasteiger charge is -2.50. The van der Waals surface area contributed by atoms with Crippen LogP contribution in [0.15, 0.2) is 24.3 Å². The van der Waals surface area contributed by atoms with Crippen LogP contribution >= 0.6 is 0 Å². The molecule has 2 aliphatic rings.